The van der Waals surface area contributed by atoms with Crippen LogP contribution in [0.15, 0.2) is 18.2 Å². The Morgan fingerprint density at radius 3 is 2.65 bits per heavy atom. The Morgan fingerprint density at radius 1 is 1.19 bits per heavy atom. The van der Waals surface area contributed by atoms with Crippen LogP contribution in [0.25, 0.3) is 0 Å². The molecule has 0 aliphatic carbocycles. The molecule has 2 heterocycles. The summed E-state index contributed by atoms with van der Waals surface area (Å²) in [5.74, 6) is 1.70. The van der Waals surface area contributed by atoms with Crippen molar-refractivity contribution < 1.29 is 13.8 Å². The van der Waals surface area contributed by atoms with Gasteiger partial charge in [-0.3, -0.25) is 4.84 Å². The molecule has 1 aromatic carbocycles. The summed E-state index contributed by atoms with van der Waals surface area (Å²) in [6, 6.07) is 6.36. The molecule has 0 saturated carbocycles. The van der Waals surface area contributed by atoms with Crippen molar-refractivity contribution in [2.75, 3.05) is 32.5 Å². The first-order valence-corrected chi connectivity index (χ1v) is 11.3. The summed E-state index contributed by atoms with van der Waals surface area (Å²) in [6.45, 7) is 8.62. The van der Waals surface area contributed by atoms with Crippen LogP contribution >= 0.6 is 0 Å². The second-order valence-corrected chi connectivity index (χ2v) is 9.00. The number of hydrogen-bond donors (Lipinski definition) is 0. The minimum Gasteiger partial charge on any atom is -0.494 e. The van der Waals surface area contributed by atoms with Gasteiger partial charge in [0.15, 0.2) is 0 Å². The number of hydrogen-bond acceptors (Lipinski definition) is 4. The fourth-order valence-electron chi connectivity index (χ4n) is 3.76. The van der Waals surface area contributed by atoms with E-state index in [1.807, 2.05) is 4.31 Å². The average molecular weight is 381 g/mol. The fraction of sp³-hybridized carbons (Fsp3) is 0.700. The summed E-state index contributed by atoms with van der Waals surface area (Å²) in [5.41, 5.74) is 2.61. The van der Waals surface area contributed by atoms with E-state index in [0.29, 0.717) is 0 Å². The van der Waals surface area contributed by atoms with Crippen LogP contribution in [-0.2, 0) is 28.8 Å². The highest BCUT2D eigenvalue weighted by Crippen LogP contribution is 2.26. The van der Waals surface area contributed by atoms with Crippen LogP contribution in [0.4, 0.5) is 0 Å². The maximum absolute atomic E-state index is 11.6. The van der Waals surface area contributed by atoms with Crippen molar-refractivity contribution in [2.24, 2.45) is 5.92 Å². The molecular formula is C20H32N2O3S. The molecule has 0 N–H and O–H groups in total. The standard InChI is InChI=1S/C20H32N2O3S/c1-16(2)25-21-10-6-17(7-11-21)9-13-24-20-5-4-19-15-22(26(3)23)12-8-18(19)14-20/h4-5,14,16-17H,6-13,15H2,1-3H3. The number of fused-ring (bicyclic) bond motifs is 1. The molecule has 0 radical (unpaired) electrons. The number of hydroxylamine groups is 2. The molecule has 1 saturated heterocycles. The van der Waals surface area contributed by atoms with Crippen molar-refractivity contribution in [3.8, 4) is 5.75 Å². The van der Waals surface area contributed by atoms with Crippen LogP contribution in [-0.4, -0.2) is 52.2 Å². The Hall–Kier alpha value is -0.950. The number of nitrogens with zero attached hydrogens (tertiary/aromatic N) is 2. The molecule has 3 rings (SSSR count). The predicted octanol–water partition coefficient (Wildman–Crippen LogP) is 3.16. The molecule has 0 amide bonds. The highest BCUT2D eigenvalue weighted by molar-refractivity contribution is 7.81. The van der Waals surface area contributed by atoms with Crippen molar-refractivity contribution in [1.29, 1.82) is 0 Å². The van der Waals surface area contributed by atoms with Crippen LogP contribution in [0.2, 0.25) is 0 Å². The Kier molecular flexibility index (Phi) is 7.09. The maximum Gasteiger partial charge on any atom is 0.119 e. The highest BCUT2D eigenvalue weighted by atomic mass is 32.2. The van der Waals surface area contributed by atoms with Gasteiger partial charge in [-0.15, -0.1) is 0 Å². The second kappa shape index (κ2) is 9.31. The topological polar surface area (TPSA) is 42.0 Å². The SMILES string of the molecule is CC(C)ON1CCC(CCOc2ccc3c(c2)CCN(S(C)=O)C3)CC1. The third kappa shape index (κ3) is 5.52. The Balaban J connectivity index is 1.42. The number of ether oxygens (including phenoxy) is 1. The molecule has 2 aliphatic heterocycles. The molecule has 1 atom stereocenters. The molecule has 1 aromatic rings. The van der Waals surface area contributed by atoms with Crippen LogP contribution < -0.4 is 4.74 Å². The molecule has 146 valence electrons. The third-order valence-electron chi connectivity index (χ3n) is 5.25. The van der Waals surface area contributed by atoms with Crippen molar-refractivity contribution in [3.63, 3.8) is 0 Å². The first-order chi connectivity index (χ1) is 12.5. The van der Waals surface area contributed by atoms with Crippen molar-refractivity contribution in [2.45, 2.75) is 52.2 Å². The lowest BCUT2D eigenvalue weighted by Crippen LogP contribution is -2.36. The van der Waals surface area contributed by atoms with Crippen LogP contribution in [0.1, 0.15) is 44.2 Å². The van der Waals surface area contributed by atoms with Gasteiger partial charge < -0.3 is 4.74 Å². The van der Waals surface area contributed by atoms with Crippen molar-refractivity contribution in [1.82, 2.24) is 9.37 Å². The molecule has 0 bridgehead atoms. The van der Waals surface area contributed by atoms with Gasteiger partial charge in [-0.25, -0.2) is 8.51 Å². The van der Waals surface area contributed by atoms with Gasteiger partial charge in [-0.2, -0.15) is 5.06 Å². The molecule has 0 spiro atoms. The van der Waals surface area contributed by atoms with E-state index in [4.69, 9.17) is 9.57 Å². The summed E-state index contributed by atoms with van der Waals surface area (Å²) < 4.78 is 19.7. The van der Waals surface area contributed by atoms with Gasteiger partial charge in [0.2, 0.25) is 0 Å². The molecule has 5 nitrogen and oxygen atoms in total. The van der Waals surface area contributed by atoms with E-state index in [1.165, 1.54) is 24.0 Å². The predicted molar refractivity (Wildman–Crippen MR) is 105 cm³/mol. The number of piperidine rings is 1. The summed E-state index contributed by atoms with van der Waals surface area (Å²) in [4.78, 5) is 5.77. The lowest BCUT2D eigenvalue weighted by Gasteiger charge is -2.32. The normalized spacial score (nSPS) is 20.9. The Labute approximate surface area is 160 Å². The molecule has 6 heteroatoms. The van der Waals surface area contributed by atoms with E-state index >= 15 is 0 Å². The lowest BCUT2D eigenvalue weighted by atomic mass is 9.95. The van der Waals surface area contributed by atoms with E-state index in [-0.39, 0.29) is 6.10 Å². The van der Waals surface area contributed by atoms with Crippen molar-refractivity contribution >= 4 is 11.0 Å². The van der Waals surface area contributed by atoms with Gasteiger partial charge in [0.05, 0.1) is 23.7 Å². The Morgan fingerprint density at radius 2 is 1.96 bits per heavy atom. The average Bonchev–Trinajstić information content (AvgIpc) is 2.62. The van der Waals surface area contributed by atoms with E-state index in [0.717, 1.165) is 57.3 Å². The van der Waals surface area contributed by atoms with Gasteiger partial charge in [-0.1, -0.05) is 6.07 Å². The first-order valence-electron chi connectivity index (χ1n) is 9.76. The summed E-state index contributed by atoms with van der Waals surface area (Å²) in [5, 5.41) is 2.11. The zero-order valence-electron chi connectivity index (χ0n) is 16.3. The highest BCUT2D eigenvalue weighted by Gasteiger charge is 2.21. The second-order valence-electron chi connectivity index (χ2n) is 7.63. The zero-order valence-corrected chi connectivity index (χ0v) is 17.1. The van der Waals surface area contributed by atoms with Crippen LogP contribution in [0, 0.1) is 5.92 Å². The smallest absolute Gasteiger partial charge is 0.119 e. The van der Waals surface area contributed by atoms with E-state index in [9.17, 15) is 4.21 Å². The quantitative estimate of drug-likeness (QED) is 0.729. The lowest BCUT2D eigenvalue weighted by molar-refractivity contribution is -0.200. The van der Waals surface area contributed by atoms with Gasteiger partial charge in [-0.05, 0) is 68.7 Å². The van der Waals surface area contributed by atoms with Gasteiger partial charge >= 0.3 is 0 Å². The third-order valence-corrected chi connectivity index (χ3v) is 6.29. The van der Waals surface area contributed by atoms with Gasteiger partial charge in [0, 0.05) is 32.4 Å². The molecule has 2 aliphatic rings. The number of benzene rings is 1. The minimum atomic E-state index is -0.889. The maximum atomic E-state index is 11.6. The fourth-order valence-corrected chi connectivity index (χ4v) is 4.43. The summed E-state index contributed by atoms with van der Waals surface area (Å²) in [6.07, 6.45) is 6.44. The monoisotopic (exact) mass is 380 g/mol. The van der Waals surface area contributed by atoms with Crippen molar-refractivity contribution in [3.05, 3.63) is 29.3 Å². The molecule has 1 unspecified atom stereocenters. The summed E-state index contributed by atoms with van der Waals surface area (Å²) in [7, 11) is -0.889. The number of rotatable bonds is 7. The molecule has 26 heavy (non-hydrogen) atoms. The van der Waals surface area contributed by atoms with Gasteiger partial charge in [0.1, 0.15) is 5.75 Å². The Bertz CT molecular complexity index is 615. The van der Waals surface area contributed by atoms with E-state index < -0.39 is 11.0 Å². The van der Waals surface area contributed by atoms with Crippen LogP contribution in [0.3, 0.4) is 0 Å². The van der Waals surface area contributed by atoms with E-state index in [1.54, 1.807) is 6.26 Å². The van der Waals surface area contributed by atoms with Gasteiger partial charge in [0.25, 0.3) is 0 Å². The zero-order chi connectivity index (χ0) is 18.5. The van der Waals surface area contributed by atoms with E-state index in [2.05, 4.69) is 37.1 Å². The molecule has 1 fully saturated rings. The minimum absolute atomic E-state index is 0.267. The van der Waals surface area contributed by atoms with Crippen LogP contribution in [0.5, 0.6) is 5.75 Å². The summed E-state index contributed by atoms with van der Waals surface area (Å²) >= 11 is 0. The first kappa shape index (κ1) is 19.8. The molecule has 0 aromatic heterocycles. The largest absolute Gasteiger partial charge is 0.494 e. The molecular weight excluding hydrogens is 348 g/mol.